The van der Waals surface area contributed by atoms with Crippen LogP contribution < -0.4 is 20.5 Å². The zero-order valence-corrected chi connectivity index (χ0v) is 20.9. The highest BCUT2D eigenvalue weighted by atomic mass is 35.5. The van der Waals surface area contributed by atoms with Crippen molar-refractivity contribution in [3.8, 4) is 5.75 Å². The molecule has 2 aliphatic heterocycles. The lowest BCUT2D eigenvalue weighted by molar-refractivity contribution is 0.0923. The molecule has 0 aliphatic carbocycles. The average molecular weight is 512 g/mol. The van der Waals surface area contributed by atoms with Crippen molar-refractivity contribution in [1.82, 2.24) is 10.6 Å². The Morgan fingerprint density at radius 1 is 1.30 bits per heavy atom. The summed E-state index contributed by atoms with van der Waals surface area (Å²) in [6.07, 6.45) is 3.23. The Morgan fingerprint density at radius 3 is 2.70 bits per heavy atom. The molecule has 3 unspecified atom stereocenters. The van der Waals surface area contributed by atoms with Gasteiger partial charge in [0, 0.05) is 34.7 Å². The highest BCUT2D eigenvalue weighted by Gasteiger charge is 2.32. The maximum absolute atomic E-state index is 13.2. The highest BCUT2D eigenvalue weighted by Crippen LogP contribution is 2.37. The first-order chi connectivity index (χ1) is 15.3. The molecule has 2 aliphatic rings. The van der Waals surface area contributed by atoms with Crippen molar-refractivity contribution < 1.29 is 17.9 Å². The Balaban J connectivity index is 0.00000306. The Morgan fingerprint density at radius 2 is 2.06 bits per heavy atom. The second-order valence-electron chi connectivity index (χ2n) is 8.26. The van der Waals surface area contributed by atoms with Crippen LogP contribution in [0.1, 0.15) is 42.1 Å². The predicted octanol–water partition coefficient (Wildman–Crippen LogP) is 3.11. The number of fused-ring (bicyclic) bond motifs is 1. The molecule has 33 heavy (non-hydrogen) atoms. The smallest absolute Gasteiger partial charge is 0.255 e. The number of thioether (sulfide) groups is 1. The van der Waals surface area contributed by atoms with Crippen LogP contribution in [0.15, 0.2) is 52.3 Å². The second-order valence-corrected chi connectivity index (χ2v) is 10.9. The Kier molecular flexibility index (Phi) is 8.69. The van der Waals surface area contributed by atoms with Gasteiger partial charge in [-0.25, -0.2) is 13.6 Å². The summed E-state index contributed by atoms with van der Waals surface area (Å²) in [7, 11) is -3.96. The highest BCUT2D eigenvalue weighted by molar-refractivity contribution is 7.99. The number of nitrogens with one attached hydrogen (secondary N) is 2. The van der Waals surface area contributed by atoms with E-state index < -0.39 is 10.0 Å². The molecule has 2 heterocycles. The van der Waals surface area contributed by atoms with Crippen molar-refractivity contribution in [3.63, 3.8) is 0 Å². The minimum atomic E-state index is -3.96. The number of benzene rings is 2. The minimum absolute atomic E-state index is 0. The molecule has 0 saturated carbocycles. The van der Waals surface area contributed by atoms with Crippen molar-refractivity contribution in [1.29, 1.82) is 0 Å². The van der Waals surface area contributed by atoms with Crippen molar-refractivity contribution in [2.24, 2.45) is 5.14 Å². The lowest BCUT2D eigenvalue weighted by Crippen LogP contribution is -2.47. The van der Waals surface area contributed by atoms with Gasteiger partial charge in [-0.05, 0) is 50.1 Å². The maximum atomic E-state index is 13.2. The molecular formula is C23H30ClN3O4S2. The summed E-state index contributed by atoms with van der Waals surface area (Å²) < 4.78 is 30.3. The fraction of sp³-hybridized carbons (Fsp3) is 0.435. The average Bonchev–Trinajstić information content (AvgIpc) is 3.45. The van der Waals surface area contributed by atoms with Gasteiger partial charge in [-0.15, -0.1) is 24.2 Å². The van der Waals surface area contributed by atoms with E-state index in [-0.39, 0.29) is 47.0 Å². The molecule has 2 aromatic carbocycles. The van der Waals surface area contributed by atoms with E-state index in [1.54, 1.807) is 11.8 Å². The summed E-state index contributed by atoms with van der Waals surface area (Å²) in [5, 5.41) is 11.9. The molecule has 0 radical (unpaired) electrons. The van der Waals surface area contributed by atoms with Gasteiger partial charge in [0.2, 0.25) is 10.0 Å². The van der Waals surface area contributed by atoms with Gasteiger partial charge < -0.3 is 15.4 Å². The molecule has 1 saturated heterocycles. The van der Waals surface area contributed by atoms with E-state index in [4.69, 9.17) is 9.88 Å². The maximum Gasteiger partial charge on any atom is 0.255 e. The van der Waals surface area contributed by atoms with Crippen molar-refractivity contribution in [3.05, 3.63) is 53.6 Å². The van der Waals surface area contributed by atoms with E-state index in [0.29, 0.717) is 23.5 Å². The number of carbonyl (C=O) groups is 1. The van der Waals surface area contributed by atoms with Gasteiger partial charge in [0.15, 0.2) is 0 Å². The topological polar surface area (TPSA) is 111 Å². The molecule has 1 amide bonds. The first-order valence-corrected chi connectivity index (χ1v) is 13.5. The van der Waals surface area contributed by atoms with Crippen molar-refractivity contribution in [2.45, 2.75) is 60.6 Å². The monoisotopic (exact) mass is 511 g/mol. The molecule has 10 heteroatoms. The number of primary sulfonamides is 1. The predicted molar refractivity (Wildman–Crippen MR) is 133 cm³/mol. The quantitative estimate of drug-likeness (QED) is 0.470. The van der Waals surface area contributed by atoms with E-state index >= 15 is 0 Å². The van der Waals surface area contributed by atoms with E-state index in [9.17, 15) is 13.2 Å². The first-order valence-electron chi connectivity index (χ1n) is 10.9. The molecule has 0 bridgehead atoms. The summed E-state index contributed by atoms with van der Waals surface area (Å²) in [4.78, 5) is 14.3. The molecule has 1 fully saturated rings. The van der Waals surface area contributed by atoms with Crippen LogP contribution in [0.2, 0.25) is 0 Å². The van der Waals surface area contributed by atoms with Crippen LogP contribution in [0.3, 0.4) is 0 Å². The van der Waals surface area contributed by atoms with E-state index in [0.717, 1.165) is 30.7 Å². The molecule has 7 nitrogen and oxygen atoms in total. The number of amides is 1. The Bertz CT molecular complexity index is 1080. The third-order valence-corrected chi connectivity index (χ3v) is 8.00. The van der Waals surface area contributed by atoms with E-state index in [1.165, 1.54) is 12.1 Å². The first kappa shape index (κ1) is 25.8. The molecule has 0 aromatic heterocycles. The summed E-state index contributed by atoms with van der Waals surface area (Å²) in [5.74, 6) is 0.820. The van der Waals surface area contributed by atoms with Crippen LogP contribution >= 0.6 is 24.2 Å². The fourth-order valence-electron chi connectivity index (χ4n) is 4.32. The van der Waals surface area contributed by atoms with Crippen LogP contribution in [-0.2, 0) is 16.4 Å². The standard InChI is InChI=1S/C23H29N3O4S2.ClH/c1-2-20(21-9-6-10-25-21)26-23(27)19-13-18(32(24,28)29)12-15-11-16(30-22(15)19)14-31-17-7-4-3-5-8-17;/h3-5,7-8,12-13,16,20-21,25H,2,6,9-11,14H2,1H3,(H,26,27)(H2,24,28,29);1H. The lowest BCUT2D eigenvalue weighted by Gasteiger charge is -2.24. The molecule has 4 N–H and O–H groups in total. The van der Waals surface area contributed by atoms with Crippen LogP contribution in [0.4, 0.5) is 0 Å². The van der Waals surface area contributed by atoms with E-state index in [1.807, 2.05) is 37.3 Å². The van der Waals surface area contributed by atoms with E-state index in [2.05, 4.69) is 10.6 Å². The zero-order chi connectivity index (χ0) is 22.7. The number of carbonyl (C=O) groups excluding carboxylic acids is 1. The summed E-state index contributed by atoms with van der Waals surface area (Å²) in [5.41, 5.74) is 0.933. The molecule has 3 atom stereocenters. The number of nitrogens with two attached hydrogens (primary N) is 1. The van der Waals surface area contributed by atoms with Crippen LogP contribution in [0.25, 0.3) is 0 Å². The number of hydrogen-bond acceptors (Lipinski definition) is 6. The molecule has 4 rings (SSSR count). The fourth-order valence-corrected chi connectivity index (χ4v) is 5.83. The van der Waals surface area contributed by atoms with Crippen molar-refractivity contribution >= 4 is 40.1 Å². The summed E-state index contributed by atoms with van der Waals surface area (Å²) >= 11 is 1.67. The number of rotatable bonds is 8. The Labute approximate surface area is 205 Å². The minimum Gasteiger partial charge on any atom is -0.488 e. The van der Waals surface area contributed by atoms with Gasteiger partial charge in [0.05, 0.1) is 10.5 Å². The van der Waals surface area contributed by atoms with Gasteiger partial charge in [-0.2, -0.15) is 0 Å². The zero-order valence-electron chi connectivity index (χ0n) is 18.5. The third-order valence-electron chi connectivity index (χ3n) is 5.96. The largest absolute Gasteiger partial charge is 0.488 e. The molecule has 180 valence electrons. The van der Waals surface area contributed by atoms with Gasteiger partial charge >= 0.3 is 0 Å². The molecule has 2 aromatic rings. The molecule has 0 spiro atoms. The van der Waals surface area contributed by atoms with Gasteiger partial charge in [0.1, 0.15) is 11.9 Å². The number of halogens is 1. The van der Waals surface area contributed by atoms with Gasteiger partial charge in [-0.3, -0.25) is 4.79 Å². The number of sulfonamides is 1. The number of ether oxygens (including phenoxy) is 1. The van der Waals surface area contributed by atoms with Crippen molar-refractivity contribution in [2.75, 3.05) is 12.3 Å². The Hall–Kier alpha value is -1.78. The van der Waals surface area contributed by atoms with Gasteiger partial charge in [0.25, 0.3) is 5.91 Å². The summed E-state index contributed by atoms with van der Waals surface area (Å²) in [6, 6.07) is 13.1. The van der Waals surface area contributed by atoms with Crippen LogP contribution in [0, 0.1) is 0 Å². The second kappa shape index (κ2) is 11.1. The summed E-state index contributed by atoms with van der Waals surface area (Å²) in [6.45, 7) is 2.97. The third kappa shape index (κ3) is 6.22. The van der Waals surface area contributed by atoms with Gasteiger partial charge in [-0.1, -0.05) is 25.1 Å². The van der Waals surface area contributed by atoms with Crippen LogP contribution in [-0.4, -0.2) is 44.8 Å². The normalized spacial score (nSPS) is 20.4. The van der Waals surface area contributed by atoms with Crippen LogP contribution in [0.5, 0.6) is 5.75 Å². The SMILES string of the molecule is CCC(NC(=O)c1cc(S(N)(=O)=O)cc2c1OC(CSc1ccccc1)C2)C1CCCN1.Cl. The lowest BCUT2D eigenvalue weighted by atomic mass is 10.0. The molecular weight excluding hydrogens is 482 g/mol. The number of hydrogen-bond donors (Lipinski definition) is 3.